The van der Waals surface area contributed by atoms with Gasteiger partial charge >= 0.3 is 0 Å². The summed E-state index contributed by atoms with van der Waals surface area (Å²) in [5.41, 5.74) is -0.559. The molecule has 0 atom stereocenters. The first-order valence-corrected chi connectivity index (χ1v) is 10.6. The molecule has 0 aliphatic heterocycles. The highest BCUT2D eigenvalue weighted by molar-refractivity contribution is 6.32. The van der Waals surface area contributed by atoms with Crippen LogP contribution < -0.4 is 10.6 Å². The molecule has 0 fully saturated rings. The number of nitro benzene ring substituents is 1. The van der Waals surface area contributed by atoms with Gasteiger partial charge in [0, 0.05) is 35.0 Å². The van der Waals surface area contributed by atoms with Crippen LogP contribution in [0.1, 0.15) is 11.1 Å². The van der Waals surface area contributed by atoms with E-state index in [9.17, 15) is 28.5 Å². The van der Waals surface area contributed by atoms with Crippen LogP contribution >= 0.6 is 23.2 Å². The van der Waals surface area contributed by atoms with Gasteiger partial charge in [-0.3, -0.25) is 19.7 Å². The number of carbonyl (C=O) groups excluding carboxylic acids is 2. The fraction of sp³-hybridized carbons (Fsp3) is 0. The van der Waals surface area contributed by atoms with E-state index in [4.69, 9.17) is 23.2 Å². The van der Waals surface area contributed by atoms with Crippen molar-refractivity contribution in [3.05, 3.63) is 110 Å². The molecule has 2 amide bonds. The third-order valence-corrected chi connectivity index (χ3v) is 5.18. The van der Waals surface area contributed by atoms with Crippen molar-refractivity contribution in [2.45, 2.75) is 0 Å². The molecule has 3 rings (SSSR count). The molecule has 0 saturated carbocycles. The van der Waals surface area contributed by atoms with Crippen LogP contribution in [0.15, 0.2) is 66.7 Å². The Kier molecular flexibility index (Phi) is 8.30. The molecule has 0 radical (unpaired) electrons. The standard InChI is InChI=1S/C24H15Cl2F2N3O4/c25-17-3-1-5-19(27)15(17)8-11-23(32)29-14-7-10-22(31(34)35)21(13-14)30-24(33)12-9-16-18(26)4-2-6-20(16)28/h1-13H,(H,29,32)(H,30,33)/b11-8+,12-9+. The van der Waals surface area contributed by atoms with Gasteiger partial charge in [-0.15, -0.1) is 0 Å². The largest absolute Gasteiger partial charge is 0.322 e. The molecule has 0 aliphatic rings. The van der Waals surface area contributed by atoms with Gasteiger partial charge in [-0.2, -0.15) is 0 Å². The van der Waals surface area contributed by atoms with Crippen LogP contribution in [0.5, 0.6) is 0 Å². The number of benzene rings is 3. The van der Waals surface area contributed by atoms with Crippen LogP contribution in [-0.4, -0.2) is 16.7 Å². The first-order valence-electron chi connectivity index (χ1n) is 9.80. The normalized spacial score (nSPS) is 11.1. The molecule has 0 saturated heterocycles. The summed E-state index contributed by atoms with van der Waals surface area (Å²) in [5, 5.41) is 16.3. The van der Waals surface area contributed by atoms with Crippen molar-refractivity contribution < 1.29 is 23.3 Å². The van der Waals surface area contributed by atoms with E-state index in [2.05, 4.69) is 10.6 Å². The fourth-order valence-corrected chi connectivity index (χ4v) is 3.34. The molecule has 0 unspecified atom stereocenters. The third kappa shape index (κ3) is 6.72. The number of hydrogen-bond acceptors (Lipinski definition) is 4. The predicted octanol–water partition coefficient (Wildman–Crippen LogP) is 6.48. The van der Waals surface area contributed by atoms with Gasteiger partial charge in [0.15, 0.2) is 0 Å². The summed E-state index contributed by atoms with van der Waals surface area (Å²) < 4.78 is 27.7. The first-order chi connectivity index (χ1) is 16.7. The second-order valence-electron chi connectivity index (χ2n) is 6.90. The highest BCUT2D eigenvalue weighted by atomic mass is 35.5. The summed E-state index contributed by atoms with van der Waals surface area (Å²) in [6, 6.07) is 11.6. The Balaban J connectivity index is 1.77. The van der Waals surface area contributed by atoms with Gasteiger partial charge in [-0.05, 0) is 48.6 Å². The van der Waals surface area contributed by atoms with Crippen molar-refractivity contribution in [1.82, 2.24) is 0 Å². The van der Waals surface area contributed by atoms with Crippen molar-refractivity contribution in [1.29, 1.82) is 0 Å². The van der Waals surface area contributed by atoms with E-state index in [-0.39, 0.29) is 32.5 Å². The van der Waals surface area contributed by atoms with Gasteiger partial charge in [0.2, 0.25) is 11.8 Å². The Hall–Kier alpha value is -4.08. The number of nitrogens with one attached hydrogen (secondary N) is 2. The van der Waals surface area contributed by atoms with E-state index in [1.807, 2.05) is 0 Å². The van der Waals surface area contributed by atoms with E-state index < -0.39 is 34.1 Å². The van der Waals surface area contributed by atoms with E-state index in [1.165, 1.54) is 48.5 Å². The van der Waals surface area contributed by atoms with Crippen molar-refractivity contribution in [3.8, 4) is 0 Å². The summed E-state index contributed by atoms with van der Waals surface area (Å²) >= 11 is 11.8. The minimum Gasteiger partial charge on any atom is -0.322 e. The highest BCUT2D eigenvalue weighted by Gasteiger charge is 2.16. The molecule has 0 aliphatic carbocycles. The summed E-state index contributed by atoms with van der Waals surface area (Å²) in [7, 11) is 0. The van der Waals surface area contributed by atoms with E-state index in [0.717, 1.165) is 30.4 Å². The molecule has 0 spiro atoms. The van der Waals surface area contributed by atoms with Crippen molar-refractivity contribution in [2.24, 2.45) is 0 Å². The van der Waals surface area contributed by atoms with Crippen LogP contribution in [0.25, 0.3) is 12.2 Å². The molecule has 7 nitrogen and oxygen atoms in total. The van der Waals surface area contributed by atoms with Crippen LogP contribution in [0, 0.1) is 21.7 Å². The second-order valence-corrected chi connectivity index (χ2v) is 7.72. The summed E-state index contributed by atoms with van der Waals surface area (Å²) in [6.07, 6.45) is 4.30. The smallest absolute Gasteiger partial charge is 0.292 e. The molecule has 35 heavy (non-hydrogen) atoms. The molecule has 3 aromatic rings. The van der Waals surface area contributed by atoms with E-state index in [1.54, 1.807) is 0 Å². The molecular formula is C24H15Cl2F2N3O4. The minimum atomic E-state index is -0.801. The molecule has 0 heterocycles. The topological polar surface area (TPSA) is 101 Å². The molecule has 0 aromatic heterocycles. The number of rotatable bonds is 7. The maximum atomic E-state index is 13.9. The Morgan fingerprint density at radius 1 is 0.829 bits per heavy atom. The van der Waals surface area contributed by atoms with Gasteiger partial charge in [-0.25, -0.2) is 8.78 Å². The number of nitro groups is 1. The molecule has 0 bridgehead atoms. The zero-order valence-electron chi connectivity index (χ0n) is 17.6. The lowest BCUT2D eigenvalue weighted by Gasteiger charge is -2.08. The molecule has 2 N–H and O–H groups in total. The van der Waals surface area contributed by atoms with Gasteiger partial charge in [0.1, 0.15) is 17.3 Å². The van der Waals surface area contributed by atoms with Crippen molar-refractivity contribution >= 4 is 64.2 Å². The van der Waals surface area contributed by atoms with Crippen LogP contribution in [-0.2, 0) is 9.59 Å². The number of nitrogens with zero attached hydrogens (tertiary/aromatic N) is 1. The van der Waals surface area contributed by atoms with E-state index in [0.29, 0.717) is 0 Å². The first kappa shape index (κ1) is 25.5. The Morgan fingerprint density at radius 2 is 1.34 bits per heavy atom. The van der Waals surface area contributed by atoms with E-state index >= 15 is 0 Å². The second kappa shape index (κ2) is 11.4. The van der Waals surface area contributed by atoms with Crippen LogP contribution in [0.3, 0.4) is 0 Å². The maximum Gasteiger partial charge on any atom is 0.292 e. The lowest BCUT2D eigenvalue weighted by Crippen LogP contribution is -2.12. The number of hydrogen-bond donors (Lipinski definition) is 2. The average molecular weight is 518 g/mol. The number of halogens is 4. The lowest BCUT2D eigenvalue weighted by molar-refractivity contribution is -0.383. The Labute approximate surface area is 207 Å². The molecule has 178 valence electrons. The zero-order valence-corrected chi connectivity index (χ0v) is 19.1. The molecule has 3 aromatic carbocycles. The van der Waals surface area contributed by atoms with Crippen LogP contribution in [0.2, 0.25) is 10.0 Å². The minimum absolute atomic E-state index is 0.0164. The molecular weight excluding hydrogens is 503 g/mol. The van der Waals surface area contributed by atoms with Crippen molar-refractivity contribution in [3.63, 3.8) is 0 Å². The number of anilines is 2. The maximum absolute atomic E-state index is 13.9. The van der Waals surface area contributed by atoms with Gasteiger partial charge in [0.25, 0.3) is 5.69 Å². The van der Waals surface area contributed by atoms with Crippen molar-refractivity contribution in [2.75, 3.05) is 10.6 Å². The monoisotopic (exact) mass is 517 g/mol. The van der Waals surface area contributed by atoms with Gasteiger partial charge in [-0.1, -0.05) is 35.3 Å². The highest BCUT2D eigenvalue weighted by Crippen LogP contribution is 2.28. The Bertz CT molecular complexity index is 1340. The predicted molar refractivity (Wildman–Crippen MR) is 131 cm³/mol. The lowest BCUT2D eigenvalue weighted by atomic mass is 10.2. The number of amides is 2. The SMILES string of the molecule is O=C(/C=C/c1c(F)cccc1Cl)Nc1ccc([N+](=O)[O-])c(NC(=O)/C=C/c2c(F)cccc2Cl)c1. The number of carbonyl (C=O) groups is 2. The summed E-state index contributed by atoms with van der Waals surface area (Å²) in [6.45, 7) is 0. The van der Waals surface area contributed by atoms with Crippen LogP contribution in [0.4, 0.5) is 25.8 Å². The molecule has 11 heteroatoms. The quantitative estimate of drug-likeness (QED) is 0.212. The average Bonchev–Trinajstić information content (AvgIpc) is 2.78. The Morgan fingerprint density at radius 3 is 1.83 bits per heavy atom. The summed E-state index contributed by atoms with van der Waals surface area (Å²) in [4.78, 5) is 35.2. The zero-order chi connectivity index (χ0) is 25.5. The van der Waals surface area contributed by atoms with Gasteiger partial charge < -0.3 is 10.6 Å². The fourth-order valence-electron chi connectivity index (χ4n) is 2.89. The summed E-state index contributed by atoms with van der Waals surface area (Å²) in [5.74, 6) is -2.75. The van der Waals surface area contributed by atoms with Gasteiger partial charge in [0.05, 0.1) is 15.0 Å². The third-order valence-electron chi connectivity index (χ3n) is 4.52.